The van der Waals surface area contributed by atoms with Crippen molar-refractivity contribution in [2.24, 2.45) is 0 Å². The molecule has 0 bridgehead atoms. The fourth-order valence-electron chi connectivity index (χ4n) is 3.04. The SMILES string of the molecule is CCCCNc1ccc(C(=O)OCCOCCOCCOCCOCCOCCCCCCI)cc1. The second-order valence-electron chi connectivity index (χ2n) is 8.16. The van der Waals surface area contributed by atoms with E-state index in [4.69, 9.17) is 28.4 Å². The van der Waals surface area contributed by atoms with Crippen molar-refractivity contribution in [2.45, 2.75) is 45.4 Å². The summed E-state index contributed by atoms with van der Waals surface area (Å²) in [7, 11) is 0. The molecule has 0 unspecified atom stereocenters. The Morgan fingerprint density at radius 2 is 1.17 bits per heavy atom. The van der Waals surface area contributed by atoms with Gasteiger partial charge in [0.15, 0.2) is 0 Å². The van der Waals surface area contributed by atoms with E-state index >= 15 is 0 Å². The van der Waals surface area contributed by atoms with Gasteiger partial charge in [-0.2, -0.15) is 0 Å². The number of esters is 1. The van der Waals surface area contributed by atoms with Gasteiger partial charge in [-0.1, -0.05) is 48.8 Å². The monoisotopic (exact) mass is 623 g/mol. The number of nitrogens with one attached hydrogen (secondary N) is 1. The second-order valence-corrected chi connectivity index (χ2v) is 9.24. The summed E-state index contributed by atoms with van der Waals surface area (Å²) in [6.07, 6.45) is 7.23. The molecule has 1 aromatic carbocycles. The van der Waals surface area contributed by atoms with Crippen molar-refractivity contribution in [2.75, 3.05) is 89.0 Å². The predicted octanol–water partition coefficient (Wildman–Crippen LogP) is 5.13. The molecule has 0 spiro atoms. The van der Waals surface area contributed by atoms with E-state index in [2.05, 4.69) is 34.8 Å². The maximum Gasteiger partial charge on any atom is 0.338 e. The molecule has 1 N–H and O–H groups in total. The molecular formula is C27H46INO7. The van der Waals surface area contributed by atoms with Crippen molar-refractivity contribution in [1.29, 1.82) is 0 Å². The zero-order valence-corrected chi connectivity index (χ0v) is 24.1. The van der Waals surface area contributed by atoms with E-state index in [0.29, 0.717) is 65.0 Å². The van der Waals surface area contributed by atoms with Crippen molar-refractivity contribution in [3.8, 4) is 0 Å². The minimum absolute atomic E-state index is 0.211. The Kier molecular flexibility index (Phi) is 23.6. The van der Waals surface area contributed by atoms with Gasteiger partial charge in [0.2, 0.25) is 0 Å². The van der Waals surface area contributed by atoms with E-state index in [-0.39, 0.29) is 12.6 Å². The first kappa shape index (κ1) is 33.0. The number of alkyl halides is 1. The summed E-state index contributed by atoms with van der Waals surface area (Å²) >= 11 is 2.42. The lowest BCUT2D eigenvalue weighted by molar-refractivity contribution is -0.0153. The van der Waals surface area contributed by atoms with Crippen LogP contribution < -0.4 is 5.32 Å². The predicted molar refractivity (Wildman–Crippen MR) is 152 cm³/mol. The van der Waals surface area contributed by atoms with Crippen LogP contribution >= 0.6 is 22.6 Å². The number of benzene rings is 1. The molecule has 36 heavy (non-hydrogen) atoms. The zero-order chi connectivity index (χ0) is 25.9. The van der Waals surface area contributed by atoms with Crippen LogP contribution in [0, 0.1) is 0 Å². The number of unbranched alkanes of at least 4 members (excludes halogenated alkanes) is 4. The van der Waals surface area contributed by atoms with Crippen molar-refractivity contribution >= 4 is 34.2 Å². The van der Waals surface area contributed by atoms with Crippen LogP contribution in [0.1, 0.15) is 55.8 Å². The summed E-state index contributed by atoms with van der Waals surface area (Å²) < 4.78 is 33.9. The Labute approximate surface area is 231 Å². The first-order valence-electron chi connectivity index (χ1n) is 13.2. The van der Waals surface area contributed by atoms with Crippen LogP contribution in [-0.4, -0.2) is 89.6 Å². The highest BCUT2D eigenvalue weighted by Crippen LogP contribution is 2.11. The van der Waals surface area contributed by atoms with Gasteiger partial charge in [0.25, 0.3) is 0 Å². The molecule has 0 heterocycles. The van der Waals surface area contributed by atoms with Gasteiger partial charge in [0.1, 0.15) is 6.61 Å². The maximum absolute atomic E-state index is 12.1. The molecule has 1 rings (SSSR count). The summed E-state index contributed by atoms with van der Waals surface area (Å²) in [4.78, 5) is 12.1. The highest BCUT2D eigenvalue weighted by molar-refractivity contribution is 14.1. The Morgan fingerprint density at radius 3 is 1.69 bits per heavy atom. The topological polar surface area (TPSA) is 84.5 Å². The van der Waals surface area contributed by atoms with Crippen molar-refractivity contribution in [3.05, 3.63) is 29.8 Å². The van der Waals surface area contributed by atoms with E-state index < -0.39 is 0 Å². The number of carbonyl (C=O) groups excluding carboxylic acids is 1. The Hall–Kier alpha value is -0.980. The third kappa shape index (κ3) is 20.1. The first-order chi connectivity index (χ1) is 17.8. The van der Waals surface area contributed by atoms with Crippen LogP contribution in [0.4, 0.5) is 5.69 Å². The molecular weight excluding hydrogens is 577 g/mol. The molecule has 0 aliphatic heterocycles. The van der Waals surface area contributed by atoms with Gasteiger partial charge in [-0.3, -0.25) is 0 Å². The quantitative estimate of drug-likeness (QED) is 0.0658. The lowest BCUT2D eigenvalue weighted by atomic mass is 10.2. The van der Waals surface area contributed by atoms with Crippen molar-refractivity contribution in [1.82, 2.24) is 0 Å². The number of ether oxygens (including phenoxy) is 6. The lowest BCUT2D eigenvalue weighted by Gasteiger charge is -2.09. The molecule has 0 saturated heterocycles. The molecule has 8 nitrogen and oxygen atoms in total. The fraction of sp³-hybridized carbons (Fsp3) is 0.741. The maximum atomic E-state index is 12.1. The zero-order valence-electron chi connectivity index (χ0n) is 22.0. The average molecular weight is 624 g/mol. The Balaban J connectivity index is 1.80. The molecule has 0 radical (unpaired) electrons. The fourth-order valence-corrected chi connectivity index (χ4v) is 3.58. The van der Waals surface area contributed by atoms with Gasteiger partial charge >= 0.3 is 5.97 Å². The van der Waals surface area contributed by atoms with Crippen molar-refractivity contribution < 1.29 is 33.2 Å². The van der Waals surface area contributed by atoms with E-state index in [1.54, 1.807) is 12.1 Å². The Morgan fingerprint density at radius 1 is 0.667 bits per heavy atom. The van der Waals surface area contributed by atoms with Gasteiger partial charge in [-0.15, -0.1) is 0 Å². The number of rotatable bonds is 26. The number of hydrogen-bond donors (Lipinski definition) is 1. The minimum Gasteiger partial charge on any atom is -0.460 e. The molecule has 0 aliphatic carbocycles. The molecule has 0 saturated carbocycles. The molecule has 0 amide bonds. The molecule has 0 aromatic heterocycles. The standard InChI is InChI=1S/C27H46INO7/c1-2-3-13-29-26-10-8-25(9-11-26)27(30)36-24-23-35-22-21-34-20-19-33-18-17-32-16-15-31-14-7-5-4-6-12-28/h8-11,29H,2-7,12-24H2,1H3. The normalized spacial score (nSPS) is 11.1. The highest BCUT2D eigenvalue weighted by atomic mass is 127. The molecule has 208 valence electrons. The second kappa shape index (κ2) is 25.7. The van der Waals surface area contributed by atoms with Crippen molar-refractivity contribution in [3.63, 3.8) is 0 Å². The summed E-state index contributed by atoms with van der Waals surface area (Å²) in [6.45, 7) is 8.71. The first-order valence-corrected chi connectivity index (χ1v) is 14.8. The summed E-state index contributed by atoms with van der Waals surface area (Å²) in [5.74, 6) is -0.346. The Bertz CT molecular complexity index is 619. The van der Waals surface area contributed by atoms with Crippen LogP contribution in [0.3, 0.4) is 0 Å². The van der Waals surface area contributed by atoms with Gasteiger partial charge < -0.3 is 33.7 Å². The van der Waals surface area contributed by atoms with Crippen LogP contribution in [0.2, 0.25) is 0 Å². The molecule has 0 atom stereocenters. The van der Waals surface area contributed by atoms with Crippen LogP contribution in [0.25, 0.3) is 0 Å². The van der Waals surface area contributed by atoms with E-state index in [9.17, 15) is 4.79 Å². The lowest BCUT2D eigenvalue weighted by Crippen LogP contribution is -2.15. The molecule has 0 aliphatic rings. The molecule has 1 aromatic rings. The summed E-state index contributed by atoms with van der Waals surface area (Å²) in [5.41, 5.74) is 1.54. The van der Waals surface area contributed by atoms with Gasteiger partial charge in [0.05, 0.1) is 65.0 Å². The average Bonchev–Trinajstić information content (AvgIpc) is 2.90. The smallest absolute Gasteiger partial charge is 0.338 e. The van der Waals surface area contributed by atoms with E-state index in [1.807, 2.05) is 12.1 Å². The summed E-state index contributed by atoms with van der Waals surface area (Å²) in [6, 6.07) is 7.32. The third-order valence-corrected chi connectivity index (χ3v) is 5.86. The van der Waals surface area contributed by atoms with Crippen LogP contribution in [-0.2, 0) is 28.4 Å². The summed E-state index contributed by atoms with van der Waals surface area (Å²) in [5, 5.41) is 3.32. The van der Waals surface area contributed by atoms with E-state index in [1.165, 1.54) is 23.7 Å². The number of anilines is 1. The molecule has 0 fully saturated rings. The van der Waals surface area contributed by atoms with E-state index in [0.717, 1.165) is 38.1 Å². The van der Waals surface area contributed by atoms with Crippen LogP contribution in [0.5, 0.6) is 0 Å². The van der Waals surface area contributed by atoms with Gasteiger partial charge in [0, 0.05) is 18.8 Å². The molecule has 9 heteroatoms. The van der Waals surface area contributed by atoms with Gasteiger partial charge in [-0.25, -0.2) is 4.79 Å². The highest BCUT2D eigenvalue weighted by Gasteiger charge is 2.06. The largest absolute Gasteiger partial charge is 0.460 e. The number of halogens is 1. The number of carbonyl (C=O) groups is 1. The third-order valence-electron chi connectivity index (χ3n) is 5.10. The minimum atomic E-state index is -0.346. The number of hydrogen-bond acceptors (Lipinski definition) is 8. The van der Waals surface area contributed by atoms with Crippen LogP contribution in [0.15, 0.2) is 24.3 Å². The van der Waals surface area contributed by atoms with Gasteiger partial charge in [-0.05, 0) is 48.0 Å².